The number of aryl methyl sites for hydroxylation is 1. The predicted molar refractivity (Wildman–Crippen MR) is 119 cm³/mol. The van der Waals surface area contributed by atoms with Gasteiger partial charge in [-0.1, -0.05) is 35.9 Å². The molecule has 0 aromatic heterocycles. The van der Waals surface area contributed by atoms with Crippen molar-refractivity contribution in [2.24, 2.45) is 0 Å². The fourth-order valence-electron chi connectivity index (χ4n) is 2.64. The number of ether oxygens (including phenoxy) is 1. The highest BCUT2D eigenvalue weighted by Gasteiger charge is 2.12. The molecule has 2 aromatic carbocycles. The van der Waals surface area contributed by atoms with Crippen LogP contribution in [0.15, 0.2) is 42.5 Å². The molecule has 4 nitrogen and oxygen atoms in total. The number of thiocarbonyl (C=S) groups is 1. The maximum Gasteiger partial charge on any atom is 0.338 e. The van der Waals surface area contributed by atoms with Gasteiger partial charge in [-0.15, -0.1) is 0 Å². The van der Waals surface area contributed by atoms with E-state index in [1.807, 2.05) is 30.8 Å². The first kappa shape index (κ1) is 21.3. The molecule has 0 saturated carbocycles. The van der Waals surface area contributed by atoms with E-state index in [4.69, 9.17) is 17.0 Å². The van der Waals surface area contributed by atoms with E-state index in [9.17, 15) is 4.79 Å². The normalized spacial score (nSPS) is 10.3. The van der Waals surface area contributed by atoms with Crippen molar-refractivity contribution in [2.45, 2.75) is 26.0 Å². The lowest BCUT2D eigenvalue weighted by molar-refractivity contribution is 0.0600. The van der Waals surface area contributed by atoms with Crippen LogP contribution in [0.4, 0.5) is 5.69 Å². The number of methoxy groups -OCH3 is 1. The summed E-state index contributed by atoms with van der Waals surface area (Å²) in [5.41, 5.74) is 4.84. The average molecular weight is 403 g/mol. The molecule has 144 valence electrons. The zero-order chi connectivity index (χ0) is 19.6. The van der Waals surface area contributed by atoms with E-state index in [-0.39, 0.29) is 5.97 Å². The number of carbonyl (C=O) groups excluding carboxylic acids is 1. The molecular formula is C21H26N2O2S2. The minimum absolute atomic E-state index is 0.347. The Kier molecular flexibility index (Phi) is 8.61. The van der Waals surface area contributed by atoms with Gasteiger partial charge in [-0.05, 0) is 61.5 Å². The minimum atomic E-state index is -0.347. The Morgan fingerprint density at radius 1 is 1.19 bits per heavy atom. The summed E-state index contributed by atoms with van der Waals surface area (Å²) in [7, 11) is 1.38. The summed E-state index contributed by atoms with van der Waals surface area (Å²) < 4.78 is 4.80. The molecule has 0 amide bonds. The maximum atomic E-state index is 11.8. The van der Waals surface area contributed by atoms with Crippen LogP contribution in [0, 0.1) is 13.8 Å². The van der Waals surface area contributed by atoms with Crippen molar-refractivity contribution in [3.8, 4) is 0 Å². The van der Waals surface area contributed by atoms with Crippen molar-refractivity contribution >= 4 is 40.7 Å². The quantitative estimate of drug-likeness (QED) is 0.379. The van der Waals surface area contributed by atoms with Crippen molar-refractivity contribution in [3.63, 3.8) is 0 Å². The van der Waals surface area contributed by atoms with E-state index in [0.717, 1.165) is 35.7 Å². The summed E-state index contributed by atoms with van der Waals surface area (Å²) in [6, 6.07) is 14.1. The Morgan fingerprint density at radius 2 is 1.96 bits per heavy atom. The maximum absolute atomic E-state index is 11.8. The summed E-state index contributed by atoms with van der Waals surface area (Å²) >= 11 is 7.28. The molecular weight excluding hydrogens is 376 g/mol. The van der Waals surface area contributed by atoms with Crippen LogP contribution in [0.2, 0.25) is 0 Å². The third-order valence-electron chi connectivity index (χ3n) is 4.09. The highest BCUT2D eigenvalue weighted by atomic mass is 32.2. The number of rotatable bonds is 8. The highest BCUT2D eigenvalue weighted by Crippen LogP contribution is 2.19. The summed E-state index contributed by atoms with van der Waals surface area (Å²) in [6.07, 6.45) is 1.03. The predicted octanol–water partition coefficient (Wildman–Crippen LogP) is 4.70. The third kappa shape index (κ3) is 6.88. The molecule has 0 atom stereocenters. The Bertz CT molecular complexity index is 794. The van der Waals surface area contributed by atoms with Crippen molar-refractivity contribution in [3.05, 3.63) is 64.7 Å². The third-order valence-corrected chi connectivity index (χ3v) is 5.45. The van der Waals surface area contributed by atoms with Crippen LogP contribution in [0.25, 0.3) is 0 Å². The molecule has 0 aliphatic rings. The zero-order valence-electron chi connectivity index (χ0n) is 16.0. The number of benzene rings is 2. The lowest BCUT2D eigenvalue weighted by Crippen LogP contribution is -2.30. The number of hydrogen-bond acceptors (Lipinski definition) is 4. The highest BCUT2D eigenvalue weighted by molar-refractivity contribution is 7.98. The van der Waals surface area contributed by atoms with Gasteiger partial charge in [0, 0.05) is 18.0 Å². The van der Waals surface area contributed by atoms with Crippen molar-refractivity contribution < 1.29 is 9.53 Å². The molecule has 0 spiro atoms. The molecule has 2 rings (SSSR count). The van der Waals surface area contributed by atoms with Gasteiger partial charge in [0.25, 0.3) is 0 Å². The Morgan fingerprint density at radius 3 is 2.70 bits per heavy atom. The number of nitrogens with one attached hydrogen (secondary N) is 2. The van der Waals surface area contributed by atoms with E-state index < -0.39 is 0 Å². The van der Waals surface area contributed by atoms with Crippen molar-refractivity contribution in [1.82, 2.24) is 5.32 Å². The Labute approximate surface area is 171 Å². The van der Waals surface area contributed by atoms with Crippen LogP contribution in [0.5, 0.6) is 0 Å². The Balaban J connectivity index is 1.70. The van der Waals surface area contributed by atoms with Gasteiger partial charge in [0.1, 0.15) is 0 Å². The number of carbonyl (C=O) groups is 1. The first-order chi connectivity index (χ1) is 13.0. The van der Waals surface area contributed by atoms with E-state index in [1.54, 1.807) is 6.07 Å². The van der Waals surface area contributed by atoms with E-state index in [2.05, 4.69) is 41.8 Å². The Hall–Kier alpha value is -2.05. The fourth-order valence-corrected chi connectivity index (χ4v) is 3.76. The number of esters is 1. The van der Waals surface area contributed by atoms with Crippen LogP contribution in [0.3, 0.4) is 0 Å². The number of thioether (sulfide) groups is 1. The molecule has 0 saturated heterocycles. The molecule has 0 fully saturated rings. The standard InChI is InChI=1S/C21H26N2O2S2/c1-15-7-4-8-17(13-15)14-27-12-6-11-22-21(26)23-19-10-5-9-18(16(19)2)20(24)25-3/h4-5,7-10,13H,6,11-12,14H2,1-3H3,(H2,22,23,26). The van der Waals surface area contributed by atoms with Crippen molar-refractivity contribution in [2.75, 3.05) is 24.7 Å². The molecule has 0 aliphatic carbocycles. The fraction of sp³-hybridized carbons (Fsp3) is 0.333. The minimum Gasteiger partial charge on any atom is -0.465 e. The number of anilines is 1. The van der Waals surface area contributed by atoms with Gasteiger partial charge >= 0.3 is 5.97 Å². The monoisotopic (exact) mass is 402 g/mol. The van der Waals surface area contributed by atoms with Gasteiger partial charge in [-0.3, -0.25) is 0 Å². The summed E-state index contributed by atoms with van der Waals surface area (Å²) in [5, 5.41) is 6.94. The molecule has 0 aliphatic heterocycles. The van der Waals surface area contributed by atoms with Gasteiger partial charge in [0.05, 0.1) is 12.7 Å². The van der Waals surface area contributed by atoms with Gasteiger partial charge < -0.3 is 15.4 Å². The van der Waals surface area contributed by atoms with Gasteiger partial charge in [0.15, 0.2) is 5.11 Å². The summed E-state index contributed by atoms with van der Waals surface area (Å²) in [6.45, 7) is 4.80. The van der Waals surface area contributed by atoms with Crippen LogP contribution >= 0.6 is 24.0 Å². The lowest BCUT2D eigenvalue weighted by Gasteiger charge is -2.14. The molecule has 27 heavy (non-hydrogen) atoms. The van der Waals surface area contributed by atoms with E-state index >= 15 is 0 Å². The van der Waals surface area contributed by atoms with Crippen LogP contribution in [-0.4, -0.2) is 30.5 Å². The van der Waals surface area contributed by atoms with E-state index in [0.29, 0.717) is 10.7 Å². The molecule has 0 bridgehead atoms. The molecule has 2 N–H and O–H groups in total. The topological polar surface area (TPSA) is 50.4 Å². The van der Waals surface area contributed by atoms with E-state index in [1.165, 1.54) is 18.2 Å². The largest absolute Gasteiger partial charge is 0.465 e. The summed E-state index contributed by atoms with van der Waals surface area (Å²) in [5.74, 6) is 1.75. The van der Waals surface area contributed by atoms with Crippen LogP contribution in [-0.2, 0) is 10.5 Å². The smallest absolute Gasteiger partial charge is 0.338 e. The first-order valence-corrected chi connectivity index (χ1v) is 10.4. The lowest BCUT2D eigenvalue weighted by atomic mass is 10.1. The first-order valence-electron chi connectivity index (χ1n) is 8.87. The number of hydrogen-bond donors (Lipinski definition) is 2. The zero-order valence-corrected chi connectivity index (χ0v) is 17.6. The molecule has 0 radical (unpaired) electrons. The van der Waals surface area contributed by atoms with Gasteiger partial charge in [-0.25, -0.2) is 4.79 Å². The van der Waals surface area contributed by atoms with Gasteiger partial charge in [0.2, 0.25) is 0 Å². The summed E-state index contributed by atoms with van der Waals surface area (Å²) in [4.78, 5) is 11.8. The average Bonchev–Trinajstić information content (AvgIpc) is 2.65. The SMILES string of the molecule is COC(=O)c1cccc(NC(=S)NCCCSCc2cccc(C)c2)c1C. The molecule has 0 heterocycles. The molecule has 6 heteroatoms. The van der Waals surface area contributed by atoms with Crippen LogP contribution in [0.1, 0.15) is 33.5 Å². The second-order valence-electron chi connectivity index (χ2n) is 6.25. The molecule has 2 aromatic rings. The van der Waals surface area contributed by atoms with Gasteiger partial charge in [-0.2, -0.15) is 11.8 Å². The van der Waals surface area contributed by atoms with Crippen molar-refractivity contribution in [1.29, 1.82) is 0 Å². The second-order valence-corrected chi connectivity index (χ2v) is 7.76. The van der Waals surface area contributed by atoms with Crippen LogP contribution < -0.4 is 10.6 Å². The second kappa shape index (κ2) is 10.9. The molecule has 0 unspecified atom stereocenters.